The molecule has 0 spiro atoms. The molecule has 1 aromatic carbocycles. The Labute approximate surface area is 156 Å². The first-order valence-electron chi connectivity index (χ1n) is 6.62. The molecule has 21 heavy (non-hydrogen) atoms. The SMILES string of the molecule is CCNC(=NCCSC)NCCc1cc(Br)ccc1F.I. The molecule has 1 rings (SSSR count). The number of benzene rings is 1. The van der Waals surface area contributed by atoms with Gasteiger partial charge in [-0.15, -0.1) is 24.0 Å². The summed E-state index contributed by atoms with van der Waals surface area (Å²) in [6.45, 7) is 4.27. The Morgan fingerprint density at radius 1 is 1.38 bits per heavy atom. The number of guanidine groups is 1. The third-order valence-corrected chi connectivity index (χ3v) is 3.69. The van der Waals surface area contributed by atoms with Crippen LogP contribution in [-0.2, 0) is 6.42 Å². The van der Waals surface area contributed by atoms with E-state index in [2.05, 4.69) is 37.8 Å². The van der Waals surface area contributed by atoms with Gasteiger partial charge in [0.1, 0.15) is 5.82 Å². The number of nitrogens with zero attached hydrogens (tertiary/aromatic N) is 1. The van der Waals surface area contributed by atoms with E-state index in [1.807, 2.05) is 13.0 Å². The maximum absolute atomic E-state index is 13.6. The van der Waals surface area contributed by atoms with Gasteiger partial charge in [-0.3, -0.25) is 4.99 Å². The Balaban J connectivity index is 0.00000400. The normalized spacial score (nSPS) is 11.0. The van der Waals surface area contributed by atoms with E-state index in [-0.39, 0.29) is 29.8 Å². The van der Waals surface area contributed by atoms with Crippen molar-refractivity contribution < 1.29 is 4.39 Å². The van der Waals surface area contributed by atoms with E-state index in [4.69, 9.17) is 0 Å². The van der Waals surface area contributed by atoms with Gasteiger partial charge in [0.05, 0.1) is 6.54 Å². The summed E-state index contributed by atoms with van der Waals surface area (Å²) in [5.74, 6) is 1.62. The Kier molecular flexibility index (Phi) is 12.5. The van der Waals surface area contributed by atoms with E-state index in [0.29, 0.717) is 18.5 Å². The monoisotopic (exact) mass is 489 g/mol. The predicted octanol–water partition coefficient (Wildman–Crippen LogP) is 3.67. The van der Waals surface area contributed by atoms with Crippen LogP contribution in [0, 0.1) is 5.82 Å². The Hall–Kier alpha value is -0.0200. The lowest BCUT2D eigenvalue weighted by atomic mass is 10.1. The van der Waals surface area contributed by atoms with Gasteiger partial charge in [-0.2, -0.15) is 11.8 Å². The second-order valence-electron chi connectivity index (χ2n) is 4.17. The van der Waals surface area contributed by atoms with Crippen molar-refractivity contribution in [2.24, 2.45) is 4.99 Å². The molecule has 120 valence electrons. The molecule has 0 amide bonds. The van der Waals surface area contributed by atoms with Crippen molar-refractivity contribution in [2.45, 2.75) is 13.3 Å². The molecule has 1 aromatic rings. The molecule has 0 radical (unpaired) electrons. The number of aliphatic imine (C=N–C) groups is 1. The van der Waals surface area contributed by atoms with E-state index < -0.39 is 0 Å². The van der Waals surface area contributed by atoms with Crippen LogP contribution in [0.1, 0.15) is 12.5 Å². The van der Waals surface area contributed by atoms with E-state index in [0.717, 1.165) is 29.3 Å². The van der Waals surface area contributed by atoms with Crippen LogP contribution in [0.4, 0.5) is 4.39 Å². The molecule has 0 heterocycles. The summed E-state index contributed by atoms with van der Waals surface area (Å²) in [7, 11) is 0. The second-order valence-corrected chi connectivity index (χ2v) is 6.07. The molecular weight excluding hydrogens is 468 g/mol. The van der Waals surface area contributed by atoms with Crippen LogP contribution in [0.5, 0.6) is 0 Å². The van der Waals surface area contributed by atoms with Gasteiger partial charge < -0.3 is 10.6 Å². The first kappa shape index (κ1) is 21.0. The highest BCUT2D eigenvalue weighted by atomic mass is 127. The zero-order valence-electron chi connectivity index (χ0n) is 12.3. The summed E-state index contributed by atoms with van der Waals surface area (Å²) >= 11 is 5.13. The van der Waals surface area contributed by atoms with Gasteiger partial charge in [0.25, 0.3) is 0 Å². The summed E-state index contributed by atoms with van der Waals surface area (Å²) < 4.78 is 14.5. The van der Waals surface area contributed by atoms with Crippen LogP contribution >= 0.6 is 51.7 Å². The molecule has 0 unspecified atom stereocenters. The Morgan fingerprint density at radius 3 is 2.81 bits per heavy atom. The lowest BCUT2D eigenvalue weighted by molar-refractivity contribution is 0.606. The lowest BCUT2D eigenvalue weighted by Crippen LogP contribution is -2.38. The number of nitrogens with one attached hydrogen (secondary N) is 2. The van der Waals surface area contributed by atoms with E-state index in [9.17, 15) is 4.39 Å². The van der Waals surface area contributed by atoms with Crippen molar-refractivity contribution in [1.29, 1.82) is 0 Å². The highest BCUT2D eigenvalue weighted by Crippen LogP contribution is 2.15. The molecule has 0 saturated carbocycles. The van der Waals surface area contributed by atoms with Crippen molar-refractivity contribution in [1.82, 2.24) is 10.6 Å². The minimum atomic E-state index is -0.167. The van der Waals surface area contributed by atoms with E-state index in [1.54, 1.807) is 17.8 Å². The summed E-state index contributed by atoms with van der Waals surface area (Å²) in [5, 5.41) is 6.40. The minimum absolute atomic E-state index is 0. The van der Waals surface area contributed by atoms with Crippen molar-refractivity contribution in [3.05, 3.63) is 34.1 Å². The zero-order chi connectivity index (χ0) is 14.8. The quantitative estimate of drug-likeness (QED) is 0.265. The maximum atomic E-state index is 13.6. The predicted molar refractivity (Wildman–Crippen MR) is 106 cm³/mol. The minimum Gasteiger partial charge on any atom is -0.357 e. The van der Waals surface area contributed by atoms with Crippen molar-refractivity contribution in [2.75, 3.05) is 31.6 Å². The molecule has 7 heteroatoms. The number of thioether (sulfide) groups is 1. The molecule has 0 aliphatic carbocycles. The second kappa shape index (κ2) is 12.5. The van der Waals surface area contributed by atoms with Gasteiger partial charge >= 0.3 is 0 Å². The first-order valence-corrected chi connectivity index (χ1v) is 8.81. The van der Waals surface area contributed by atoms with Crippen LogP contribution in [0.15, 0.2) is 27.7 Å². The lowest BCUT2D eigenvalue weighted by Gasteiger charge is -2.11. The standard InChI is InChI=1S/C14H21BrFN3S.HI/c1-3-17-14(19-8-9-20-2)18-7-6-11-10-12(15)4-5-13(11)16;/h4-5,10H,3,6-9H2,1-2H3,(H2,17,18,19);1H. The van der Waals surface area contributed by atoms with Crippen LogP contribution in [0.2, 0.25) is 0 Å². The van der Waals surface area contributed by atoms with Gasteiger partial charge in [0, 0.05) is 23.3 Å². The summed E-state index contributed by atoms with van der Waals surface area (Å²) in [5.41, 5.74) is 0.701. The van der Waals surface area contributed by atoms with Gasteiger partial charge in [0.15, 0.2) is 5.96 Å². The number of hydrogen-bond donors (Lipinski definition) is 2. The summed E-state index contributed by atoms with van der Waals surface area (Å²) in [4.78, 5) is 4.44. The molecule has 0 saturated heterocycles. The summed E-state index contributed by atoms with van der Waals surface area (Å²) in [6.07, 6.45) is 2.68. The maximum Gasteiger partial charge on any atom is 0.191 e. The molecule has 0 atom stereocenters. The van der Waals surface area contributed by atoms with E-state index in [1.165, 1.54) is 6.07 Å². The van der Waals surface area contributed by atoms with Crippen LogP contribution in [0.3, 0.4) is 0 Å². The molecular formula is C14H22BrFIN3S. The number of rotatable bonds is 7. The van der Waals surface area contributed by atoms with Crippen LogP contribution < -0.4 is 10.6 Å². The van der Waals surface area contributed by atoms with E-state index >= 15 is 0 Å². The highest BCUT2D eigenvalue weighted by molar-refractivity contribution is 14.0. The molecule has 3 nitrogen and oxygen atoms in total. The van der Waals surface area contributed by atoms with Crippen molar-refractivity contribution >= 4 is 57.6 Å². The van der Waals surface area contributed by atoms with Crippen LogP contribution in [0.25, 0.3) is 0 Å². The molecule has 0 aliphatic rings. The fourth-order valence-electron chi connectivity index (χ4n) is 1.64. The van der Waals surface area contributed by atoms with Gasteiger partial charge in [-0.25, -0.2) is 4.39 Å². The largest absolute Gasteiger partial charge is 0.357 e. The Morgan fingerprint density at radius 2 is 2.14 bits per heavy atom. The van der Waals surface area contributed by atoms with Gasteiger partial charge in [-0.1, -0.05) is 15.9 Å². The highest BCUT2D eigenvalue weighted by Gasteiger charge is 2.03. The van der Waals surface area contributed by atoms with Gasteiger partial charge in [0.2, 0.25) is 0 Å². The zero-order valence-corrected chi connectivity index (χ0v) is 17.0. The Bertz CT molecular complexity index is 446. The smallest absolute Gasteiger partial charge is 0.191 e. The van der Waals surface area contributed by atoms with Gasteiger partial charge in [-0.05, 0) is 43.4 Å². The molecule has 0 aliphatic heterocycles. The molecule has 2 N–H and O–H groups in total. The molecule has 0 bridgehead atoms. The van der Waals surface area contributed by atoms with Crippen LogP contribution in [-0.4, -0.2) is 37.6 Å². The number of halogens is 3. The van der Waals surface area contributed by atoms with Crippen molar-refractivity contribution in [3.8, 4) is 0 Å². The molecule has 0 aromatic heterocycles. The first-order chi connectivity index (χ1) is 9.67. The summed E-state index contributed by atoms with van der Waals surface area (Å²) in [6, 6.07) is 5.01. The molecule has 0 fully saturated rings. The fraction of sp³-hybridized carbons (Fsp3) is 0.500. The average molecular weight is 490 g/mol. The fourth-order valence-corrected chi connectivity index (χ4v) is 2.32. The van der Waals surface area contributed by atoms with Crippen molar-refractivity contribution in [3.63, 3.8) is 0 Å². The topological polar surface area (TPSA) is 36.4 Å². The third kappa shape index (κ3) is 8.87. The average Bonchev–Trinajstić information content (AvgIpc) is 2.43. The number of hydrogen-bond acceptors (Lipinski definition) is 2. The third-order valence-electron chi connectivity index (χ3n) is 2.60.